The number of fused-ring (bicyclic) bond motifs is 2. The second kappa shape index (κ2) is 24.6. The van der Waals surface area contributed by atoms with Gasteiger partial charge in [0, 0.05) is 22.3 Å². The molecule has 0 aliphatic heterocycles. The molecule has 6 aromatic rings. The van der Waals surface area contributed by atoms with Crippen molar-refractivity contribution in [2.75, 3.05) is 33.0 Å². The van der Waals surface area contributed by atoms with E-state index >= 15 is 0 Å². The summed E-state index contributed by atoms with van der Waals surface area (Å²) in [5.41, 5.74) is 6.16. The molecular formula is C46H42LiO8-. The summed E-state index contributed by atoms with van der Waals surface area (Å²) in [5, 5.41) is 13.3. The molecule has 0 spiro atoms. The number of carboxylic acid groups (broad SMARTS) is 1. The van der Waals surface area contributed by atoms with E-state index in [1.54, 1.807) is 6.92 Å². The molecular weight excluding hydrogens is 687 g/mol. The molecule has 0 atom stereocenters. The Bertz CT molecular complexity index is 2230. The molecule has 0 saturated carbocycles. The molecule has 0 aliphatic rings. The van der Waals surface area contributed by atoms with Crippen molar-refractivity contribution < 1.29 is 58.7 Å². The minimum Gasteiger partial charge on any atom is -0.870 e. The summed E-state index contributed by atoms with van der Waals surface area (Å²) in [5.74, 6) is 11.5. The Kier molecular flexibility index (Phi) is 20.4. The number of carboxylic acids is 1. The monoisotopic (exact) mass is 729 g/mol. The summed E-state index contributed by atoms with van der Waals surface area (Å²) in [6.07, 6.45) is 1.43. The summed E-state index contributed by atoms with van der Waals surface area (Å²) in [6, 6.07) is 45.0. The summed E-state index contributed by atoms with van der Waals surface area (Å²) < 4.78 is 15.2. The molecule has 6 aromatic carbocycles. The summed E-state index contributed by atoms with van der Waals surface area (Å²) >= 11 is 0. The van der Waals surface area contributed by atoms with E-state index in [0.717, 1.165) is 39.8 Å². The Labute approximate surface area is 334 Å². The van der Waals surface area contributed by atoms with E-state index in [4.69, 9.17) is 19.3 Å². The molecule has 6 rings (SSSR count). The molecule has 276 valence electrons. The number of ether oxygens (including phenoxy) is 3. The predicted molar refractivity (Wildman–Crippen MR) is 210 cm³/mol. The Morgan fingerprint density at radius 3 is 1.33 bits per heavy atom. The van der Waals surface area contributed by atoms with Gasteiger partial charge in [-0.15, -0.1) is 0 Å². The van der Waals surface area contributed by atoms with Gasteiger partial charge in [0.25, 0.3) is 0 Å². The van der Waals surface area contributed by atoms with Crippen LogP contribution >= 0.6 is 0 Å². The van der Waals surface area contributed by atoms with Crippen molar-refractivity contribution in [2.24, 2.45) is 0 Å². The molecule has 9 heteroatoms. The van der Waals surface area contributed by atoms with Crippen LogP contribution in [0.5, 0.6) is 0 Å². The van der Waals surface area contributed by atoms with Crippen LogP contribution < -0.4 is 18.9 Å². The zero-order valence-corrected chi connectivity index (χ0v) is 31.0. The van der Waals surface area contributed by atoms with E-state index in [2.05, 4.69) is 72.2 Å². The molecule has 0 radical (unpaired) electrons. The van der Waals surface area contributed by atoms with Crippen LogP contribution in [0.4, 0.5) is 0 Å². The first-order valence-electron chi connectivity index (χ1n) is 17.2. The molecule has 55 heavy (non-hydrogen) atoms. The fourth-order valence-electron chi connectivity index (χ4n) is 5.23. The van der Waals surface area contributed by atoms with E-state index in [0.29, 0.717) is 26.2 Å². The number of benzene rings is 6. The van der Waals surface area contributed by atoms with Crippen LogP contribution in [0.2, 0.25) is 0 Å². The van der Waals surface area contributed by atoms with Crippen LogP contribution in [0.1, 0.15) is 40.3 Å². The molecule has 0 saturated heterocycles. The van der Waals surface area contributed by atoms with E-state index in [-0.39, 0.29) is 49.0 Å². The van der Waals surface area contributed by atoms with Crippen LogP contribution in [0.15, 0.2) is 133 Å². The largest absolute Gasteiger partial charge is 1.00 e. The molecule has 8 nitrogen and oxygen atoms in total. The van der Waals surface area contributed by atoms with Gasteiger partial charge in [-0.25, -0.2) is 9.59 Å². The molecule has 3 N–H and O–H groups in total. The topological polar surface area (TPSA) is 142 Å². The van der Waals surface area contributed by atoms with Gasteiger partial charge in [0.1, 0.15) is 13.2 Å². The van der Waals surface area contributed by atoms with Gasteiger partial charge in [0.05, 0.1) is 19.8 Å². The van der Waals surface area contributed by atoms with E-state index in [9.17, 15) is 9.59 Å². The average molecular weight is 730 g/mol. The van der Waals surface area contributed by atoms with Crippen molar-refractivity contribution in [3.8, 4) is 23.7 Å². The number of hydrogen-bond donors (Lipinski definition) is 1. The van der Waals surface area contributed by atoms with Crippen molar-refractivity contribution in [3.63, 3.8) is 0 Å². The first kappa shape index (κ1) is 45.5. The van der Waals surface area contributed by atoms with Crippen LogP contribution in [0.25, 0.3) is 21.5 Å². The third-order valence-electron chi connectivity index (χ3n) is 7.93. The molecule has 0 aliphatic carbocycles. The van der Waals surface area contributed by atoms with E-state index < -0.39 is 5.97 Å². The second-order valence-electron chi connectivity index (χ2n) is 11.8. The third-order valence-corrected chi connectivity index (χ3v) is 7.93. The van der Waals surface area contributed by atoms with Gasteiger partial charge in [-0.2, -0.15) is 0 Å². The average Bonchev–Trinajstić information content (AvgIpc) is 3.17. The fraction of sp³-hybridized carbons (Fsp3) is 0.174. The number of carbonyl (C=O) groups is 2. The smallest absolute Gasteiger partial charge is 0.870 e. The fourth-order valence-corrected chi connectivity index (χ4v) is 5.23. The van der Waals surface area contributed by atoms with Gasteiger partial charge in [0.2, 0.25) is 0 Å². The van der Waals surface area contributed by atoms with Crippen LogP contribution in [0, 0.1) is 23.7 Å². The minimum absolute atomic E-state index is 0. The normalized spacial score (nSPS) is 9.69. The maximum atomic E-state index is 11.2. The first-order valence-corrected chi connectivity index (χ1v) is 17.2. The maximum absolute atomic E-state index is 11.2. The molecule has 0 unspecified atom stereocenters. The predicted octanol–water partition coefficient (Wildman–Crippen LogP) is 4.90. The second-order valence-corrected chi connectivity index (χ2v) is 11.8. The standard InChI is InChI=1S/C24H22O3.C22H18O3.Li.2H2O/c1-2-27-24(25)18-26-16-15-20-9-7-19(8-10-20)11-12-21-13-14-22-5-3-4-6-23(22)17-21;23-22(24)16-25-14-13-18-7-5-17(6-8-18)9-10-19-11-12-20-3-1-2-4-21(20)15-19;;;/h3-10,13-14,17H,2,15-16,18H2,1H3;1-8,11-12,15H,13-14,16H2,(H,23,24);;2*1H2/q;;+1;;/p-2. The Hall–Kier alpha value is -5.66. The molecule has 0 heterocycles. The van der Waals surface area contributed by atoms with Crippen LogP contribution in [0.3, 0.4) is 0 Å². The zero-order valence-electron chi connectivity index (χ0n) is 31.0. The van der Waals surface area contributed by atoms with Crippen LogP contribution in [-0.4, -0.2) is 61.0 Å². The van der Waals surface area contributed by atoms with E-state index in [1.807, 2.05) is 84.9 Å². The Morgan fingerprint density at radius 1 is 0.527 bits per heavy atom. The number of carbonyl (C=O) groups excluding carboxylic acids is 1. The molecule has 0 aromatic heterocycles. The number of hydrogen-bond acceptors (Lipinski definition) is 7. The van der Waals surface area contributed by atoms with Crippen molar-refractivity contribution in [1.82, 2.24) is 0 Å². The third kappa shape index (κ3) is 15.7. The van der Waals surface area contributed by atoms with Gasteiger partial charge in [-0.3, -0.25) is 0 Å². The first-order chi connectivity index (χ1) is 25.4. The van der Waals surface area contributed by atoms with Gasteiger partial charge >= 0.3 is 30.8 Å². The molecule has 0 fully saturated rings. The number of rotatable bonds is 11. The van der Waals surface area contributed by atoms with Crippen molar-refractivity contribution in [2.45, 2.75) is 19.8 Å². The summed E-state index contributed by atoms with van der Waals surface area (Å²) in [4.78, 5) is 21.6. The summed E-state index contributed by atoms with van der Waals surface area (Å²) in [6.45, 7) is 2.79. The van der Waals surface area contributed by atoms with Crippen molar-refractivity contribution in [1.29, 1.82) is 0 Å². The SMILES string of the molecule is CCOC(=O)COCCc1ccc(C#Cc2ccc3ccccc3c2)cc1.O=C(O)COCCc1ccc(C#Cc2ccc3ccccc3c2)cc1.[Li+].[OH-].[OH-]. The summed E-state index contributed by atoms with van der Waals surface area (Å²) in [7, 11) is 0. The van der Waals surface area contributed by atoms with Gasteiger partial charge in [-0.05, 0) is 101 Å². The number of aliphatic carboxylic acids is 1. The van der Waals surface area contributed by atoms with Gasteiger partial charge in [-0.1, -0.05) is 109 Å². The van der Waals surface area contributed by atoms with Crippen molar-refractivity contribution >= 4 is 33.5 Å². The van der Waals surface area contributed by atoms with Gasteiger partial charge in [0.15, 0.2) is 0 Å². The number of esters is 1. The van der Waals surface area contributed by atoms with Crippen molar-refractivity contribution in [3.05, 3.63) is 167 Å². The minimum atomic E-state index is -0.945. The van der Waals surface area contributed by atoms with Crippen LogP contribution in [-0.2, 0) is 36.6 Å². The maximum Gasteiger partial charge on any atom is 1.00 e. The van der Waals surface area contributed by atoms with E-state index in [1.165, 1.54) is 21.5 Å². The Balaban J connectivity index is 0.000000361. The molecule has 0 bridgehead atoms. The molecule has 0 amide bonds. The Morgan fingerprint density at radius 2 is 0.909 bits per heavy atom. The quantitative estimate of drug-likeness (QED) is 0.0860. The van der Waals surface area contributed by atoms with Gasteiger partial charge < -0.3 is 30.3 Å². The zero-order chi connectivity index (χ0) is 36.4.